The molecular weight excluding hydrogens is 390 g/mol. The lowest BCUT2D eigenvalue weighted by Crippen LogP contribution is -2.30. The van der Waals surface area contributed by atoms with Crippen LogP contribution in [0.4, 0.5) is 4.79 Å². The van der Waals surface area contributed by atoms with Crippen LogP contribution in [-0.4, -0.2) is 23.4 Å². The Morgan fingerprint density at radius 1 is 1.06 bits per heavy atom. The van der Waals surface area contributed by atoms with Crippen molar-refractivity contribution in [1.29, 1.82) is 5.26 Å². The van der Waals surface area contributed by atoms with E-state index in [9.17, 15) is 14.9 Å². The molecule has 4 rings (SSSR count). The van der Waals surface area contributed by atoms with Crippen molar-refractivity contribution in [3.63, 3.8) is 0 Å². The van der Waals surface area contributed by atoms with E-state index in [4.69, 9.17) is 4.74 Å². The number of nitrogens with zero attached hydrogens (tertiary/aromatic N) is 2. The lowest BCUT2D eigenvalue weighted by molar-refractivity contribution is -0.122. The fraction of sp³-hybridized carbons (Fsp3) is 0.0800. The van der Waals surface area contributed by atoms with Crippen molar-refractivity contribution in [2.24, 2.45) is 0 Å². The molecule has 31 heavy (non-hydrogen) atoms. The summed E-state index contributed by atoms with van der Waals surface area (Å²) >= 11 is 0. The van der Waals surface area contributed by atoms with E-state index in [0.29, 0.717) is 16.9 Å². The van der Waals surface area contributed by atoms with E-state index in [1.54, 1.807) is 18.2 Å². The predicted molar refractivity (Wildman–Crippen MR) is 118 cm³/mol. The number of nitriles is 1. The second-order valence-electron chi connectivity index (χ2n) is 6.95. The summed E-state index contributed by atoms with van der Waals surface area (Å²) in [6, 6.07) is 20.4. The zero-order chi connectivity index (χ0) is 21.8. The number of ether oxygens (including phenoxy) is 1. The van der Waals surface area contributed by atoms with Crippen LogP contribution in [0.1, 0.15) is 16.7 Å². The van der Waals surface area contributed by atoms with Gasteiger partial charge in [-0.2, -0.15) is 5.26 Å². The van der Waals surface area contributed by atoms with Gasteiger partial charge < -0.3 is 10.1 Å². The minimum atomic E-state index is -0.484. The number of benzene rings is 3. The van der Waals surface area contributed by atoms with Crippen LogP contribution in [0.25, 0.3) is 16.8 Å². The first kappa shape index (κ1) is 19.9. The first-order valence-electron chi connectivity index (χ1n) is 9.70. The third-order valence-corrected chi connectivity index (χ3v) is 5.01. The summed E-state index contributed by atoms with van der Waals surface area (Å²) in [6.45, 7) is 3.91. The highest BCUT2D eigenvalue weighted by Crippen LogP contribution is 2.31. The molecule has 1 aliphatic heterocycles. The highest BCUT2D eigenvalue weighted by Gasteiger charge is 2.32. The molecule has 1 N–H and O–H groups in total. The van der Waals surface area contributed by atoms with Gasteiger partial charge in [0.25, 0.3) is 5.91 Å². The smallest absolute Gasteiger partial charge is 0.329 e. The Kier molecular flexibility index (Phi) is 5.50. The first-order chi connectivity index (χ1) is 15.1. The van der Waals surface area contributed by atoms with E-state index in [1.807, 2.05) is 48.5 Å². The van der Waals surface area contributed by atoms with Gasteiger partial charge in [-0.25, -0.2) is 4.79 Å². The van der Waals surface area contributed by atoms with Gasteiger partial charge in [0.1, 0.15) is 18.1 Å². The molecule has 1 saturated heterocycles. The van der Waals surface area contributed by atoms with E-state index in [1.165, 1.54) is 6.08 Å². The third kappa shape index (κ3) is 3.89. The van der Waals surface area contributed by atoms with E-state index in [0.717, 1.165) is 21.2 Å². The van der Waals surface area contributed by atoms with E-state index in [-0.39, 0.29) is 18.8 Å². The fourth-order valence-corrected chi connectivity index (χ4v) is 3.47. The topological polar surface area (TPSA) is 82.4 Å². The summed E-state index contributed by atoms with van der Waals surface area (Å²) in [7, 11) is 0. The second-order valence-corrected chi connectivity index (χ2v) is 6.95. The molecule has 3 amide bonds. The molecule has 1 fully saturated rings. The molecular formula is C25H19N3O3. The third-order valence-electron chi connectivity index (χ3n) is 5.01. The Labute approximate surface area is 179 Å². The number of carbonyl (C=O) groups is 2. The van der Waals surface area contributed by atoms with Crippen LogP contribution in [0.3, 0.4) is 0 Å². The SMILES string of the molecule is C=CCN1C(=O)N/C(=C/c2c(OCc3ccccc3C#N)ccc3ccccc23)C1=O. The van der Waals surface area contributed by atoms with Crippen LogP contribution in [-0.2, 0) is 11.4 Å². The molecule has 0 atom stereocenters. The van der Waals surface area contributed by atoms with Crippen molar-refractivity contribution >= 4 is 28.8 Å². The van der Waals surface area contributed by atoms with Gasteiger partial charge in [-0.3, -0.25) is 9.69 Å². The van der Waals surface area contributed by atoms with E-state index < -0.39 is 11.9 Å². The molecule has 0 spiro atoms. The van der Waals surface area contributed by atoms with Crippen molar-refractivity contribution in [3.8, 4) is 11.8 Å². The zero-order valence-electron chi connectivity index (χ0n) is 16.7. The molecule has 0 bridgehead atoms. The number of urea groups is 1. The molecule has 152 valence electrons. The number of hydrogen-bond donors (Lipinski definition) is 1. The quantitative estimate of drug-likeness (QED) is 0.372. The van der Waals surface area contributed by atoms with Crippen LogP contribution in [0.2, 0.25) is 0 Å². The molecule has 0 unspecified atom stereocenters. The number of amides is 3. The summed E-state index contributed by atoms with van der Waals surface area (Å²) < 4.78 is 6.07. The van der Waals surface area contributed by atoms with Crippen LogP contribution in [0, 0.1) is 11.3 Å². The molecule has 0 aromatic heterocycles. The van der Waals surface area contributed by atoms with Gasteiger partial charge in [0.15, 0.2) is 0 Å². The van der Waals surface area contributed by atoms with Gasteiger partial charge >= 0.3 is 6.03 Å². The average molecular weight is 409 g/mol. The van der Waals surface area contributed by atoms with Crippen molar-refractivity contribution in [1.82, 2.24) is 10.2 Å². The maximum Gasteiger partial charge on any atom is 0.329 e. The summed E-state index contributed by atoms with van der Waals surface area (Å²) in [5.41, 5.74) is 2.16. The Morgan fingerprint density at radius 2 is 1.84 bits per heavy atom. The van der Waals surface area contributed by atoms with E-state index in [2.05, 4.69) is 18.0 Å². The van der Waals surface area contributed by atoms with Crippen LogP contribution < -0.4 is 10.1 Å². The predicted octanol–water partition coefficient (Wildman–Crippen LogP) is 4.37. The molecule has 0 radical (unpaired) electrons. The monoisotopic (exact) mass is 409 g/mol. The maximum atomic E-state index is 12.7. The largest absolute Gasteiger partial charge is 0.488 e. The minimum Gasteiger partial charge on any atom is -0.488 e. The molecule has 6 nitrogen and oxygen atoms in total. The average Bonchev–Trinajstić information content (AvgIpc) is 3.06. The lowest BCUT2D eigenvalue weighted by Gasteiger charge is -2.13. The van der Waals surface area contributed by atoms with Gasteiger partial charge in [0, 0.05) is 17.7 Å². The second kappa shape index (κ2) is 8.56. The summed E-state index contributed by atoms with van der Waals surface area (Å²) in [5.74, 6) is 0.127. The van der Waals surface area contributed by atoms with Gasteiger partial charge in [-0.05, 0) is 29.0 Å². The van der Waals surface area contributed by atoms with Crippen molar-refractivity contribution in [2.45, 2.75) is 6.61 Å². The normalized spacial score (nSPS) is 14.5. The highest BCUT2D eigenvalue weighted by molar-refractivity contribution is 6.15. The Balaban J connectivity index is 1.75. The van der Waals surface area contributed by atoms with Gasteiger partial charge in [0.2, 0.25) is 0 Å². The fourth-order valence-electron chi connectivity index (χ4n) is 3.47. The Morgan fingerprint density at radius 3 is 2.65 bits per heavy atom. The summed E-state index contributed by atoms with van der Waals surface area (Å²) in [4.78, 5) is 25.9. The van der Waals surface area contributed by atoms with Gasteiger partial charge in [-0.15, -0.1) is 6.58 Å². The van der Waals surface area contributed by atoms with Crippen LogP contribution in [0.5, 0.6) is 5.75 Å². The maximum absolute atomic E-state index is 12.7. The molecule has 1 heterocycles. The molecule has 3 aromatic rings. The summed E-state index contributed by atoms with van der Waals surface area (Å²) in [6.07, 6.45) is 3.14. The number of fused-ring (bicyclic) bond motifs is 1. The van der Waals surface area contributed by atoms with E-state index >= 15 is 0 Å². The molecule has 3 aromatic carbocycles. The molecule has 0 aliphatic carbocycles. The number of nitrogens with one attached hydrogen (secondary N) is 1. The van der Waals surface area contributed by atoms with Gasteiger partial charge in [0.05, 0.1) is 11.6 Å². The van der Waals surface area contributed by atoms with Gasteiger partial charge in [-0.1, -0.05) is 54.6 Å². The van der Waals surface area contributed by atoms with Crippen molar-refractivity contribution in [3.05, 3.63) is 95.7 Å². The highest BCUT2D eigenvalue weighted by atomic mass is 16.5. The molecule has 0 saturated carbocycles. The number of hydrogen-bond acceptors (Lipinski definition) is 4. The van der Waals surface area contributed by atoms with Crippen molar-refractivity contribution < 1.29 is 14.3 Å². The number of rotatable bonds is 6. The first-order valence-corrected chi connectivity index (χ1v) is 9.70. The number of imide groups is 1. The lowest BCUT2D eigenvalue weighted by atomic mass is 10.0. The molecule has 1 aliphatic rings. The van der Waals surface area contributed by atoms with Crippen LogP contribution >= 0.6 is 0 Å². The minimum absolute atomic E-state index is 0.131. The number of carbonyl (C=O) groups excluding carboxylic acids is 2. The molecule has 6 heteroatoms. The Hall–Kier alpha value is -4.37. The standard InChI is InChI=1S/C25H19N3O3/c1-2-13-28-24(29)22(27-25(28)30)14-21-20-10-6-5-7-17(20)11-12-23(21)31-16-19-9-4-3-8-18(19)15-26/h2-12,14H,1,13,16H2,(H,27,30)/b22-14+. The summed E-state index contributed by atoms with van der Waals surface area (Å²) in [5, 5.41) is 13.8. The van der Waals surface area contributed by atoms with Crippen LogP contribution in [0.15, 0.2) is 79.0 Å². The zero-order valence-corrected chi connectivity index (χ0v) is 16.7. The van der Waals surface area contributed by atoms with Crippen molar-refractivity contribution in [2.75, 3.05) is 6.54 Å². The Bertz CT molecular complexity index is 1270.